The summed E-state index contributed by atoms with van der Waals surface area (Å²) in [6.07, 6.45) is 3.78. The lowest BCUT2D eigenvalue weighted by Crippen LogP contribution is -2.27. The van der Waals surface area contributed by atoms with Crippen molar-refractivity contribution in [3.05, 3.63) is 41.8 Å². The van der Waals surface area contributed by atoms with E-state index in [4.69, 9.17) is 9.26 Å². The Morgan fingerprint density at radius 2 is 2.21 bits per heavy atom. The Kier molecular flexibility index (Phi) is 3.31. The quantitative estimate of drug-likeness (QED) is 0.870. The number of rotatable bonds is 1. The Morgan fingerprint density at radius 3 is 3.05 bits per heavy atom. The van der Waals surface area contributed by atoms with Gasteiger partial charge < -0.3 is 14.6 Å². The predicted octanol–water partition coefficient (Wildman–Crippen LogP) is 2.35. The van der Waals surface area contributed by atoms with Gasteiger partial charge in [-0.3, -0.25) is 0 Å². The molecule has 4 rings (SSSR count). The van der Waals surface area contributed by atoms with Gasteiger partial charge in [0.1, 0.15) is 6.26 Å². The van der Waals surface area contributed by atoms with Crippen molar-refractivity contribution < 1.29 is 9.26 Å². The highest BCUT2D eigenvalue weighted by atomic mass is 35.5. The first-order valence-corrected chi connectivity index (χ1v) is 6.27. The van der Waals surface area contributed by atoms with Gasteiger partial charge >= 0.3 is 0 Å². The maximum absolute atomic E-state index is 5.95. The molecule has 0 amide bonds. The molecular weight excluding hydrogens is 264 g/mol. The van der Waals surface area contributed by atoms with E-state index >= 15 is 0 Å². The Hall–Kier alpha value is -1.36. The summed E-state index contributed by atoms with van der Waals surface area (Å²) in [6.45, 7) is 2.64. The van der Waals surface area contributed by atoms with Gasteiger partial charge in [-0.1, -0.05) is 23.4 Å². The lowest BCUT2D eigenvalue weighted by molar-refractivity contribution is 0.0302. The number of fused-ring (bicyclic) bond motifs is 3. The summed E-state index contributed by atoms with van der Waals surface area (Å²) in [5, 5.41) is 7.19. The van der Waals surface area contributed by atoms with Crippen molar-refractivity contribution in [3.63, 3.8) is 0 Å². The molecule has 2 aliphatic rings. The molecular formula is C14H15ClN2O2. The Bertz CT molecular complexity index is 571. The van der Waals surface area contributed by atoms with E-state index < -0.39 is 0 Å². The molecule has 0 radical (unpaired) electrons. The fourth-order valence-corrected chi connectivity index (χ4v) is 3.05. The van der Waals surface area contributed by atoms with Gasteiger partial charge in [-0.25, -0.2) is 0 Å². The number of hydrogen-bond donors (Lipinski definition) is 1. The number of nitrogens with one attached hydrogen (secondary N) is 1. The van der Waals surface area contributed by atoms with Crippen LogP contribution >= 0.6 is 12.4 Å². The van der Waals surface area contributed by atoms with Crippen LogP contribution in [-0.4, -0.2) is 24.4 Å². The van der Waals surface area contributed by atoms with E-state index in [0.717, 1.165) is 18.7 Å². The minimum Gasteiger partial charge on any atom is -0.371 e. The van der Waals surface area contributed by atoms with Gasteiger partial charge in [0.15, 0.2) is 0 Å². The summed E-state index contributed by atoms with van der Waals surface area (Å²) in [7, 11) is 0. The summed E-state index contributed by atoms with van der Waals surface area (Å²) < 4.78 is 10.9. The predicted molar refractivity (Wildman–Crippen MR) is 73.4 cm³/mol. The Labute approximate surface area is 117 Å². The Morgan fingerprint density at radius 1 is 1.26 bits per heavy atom. The lowest BCUT2D eigenvalue weighted by atomic mass is 9.86. The minimum absolute atomic E-state index is 0. The topological polar surface area (TPSA) is 47.3 Å². The first kappa shape index (κ1) is 12.7. The average Bonchev–Trinajstić information content (AvgIpc) is 3.09. The van der Waals surface area contributed by atoms with Gasteiger partial charge in [-0.2, -0.15) is 0 Å². The number of ether oxygens (including phenoxy) is 1. The summed E-state index contributed by atoms with van der Waals surface area (Å²) in [5.41, 5.74) is 4.90. The number of aromatic nitrogens is 1. The summed E-state index contributed by atoms with van der Waals surface area (Å²) >= 11 is 0. The second-order valence-electron chi connectivity index (χ2n) is 4.90. The molecule has 1 saturated heterocycles. The SMILES string of the molecule is Cl.c1cc(-c2cnoc2)c2c(c1)[C@@H]1CNC[C@@H]1OC2. The van der Waals surface area contributed by atoms with Gasteiger partial charge in [-0.05, 0) is 16.7 Å². The minimum atomic E-state index is 0. The normalized spacial score (nSPS) is 24.4. The first-order chi connectivity index (χ1) is 8.93. The zero-order chi connectivity index (χ0) is 11.9. The second kappa shape index (κ2) is 4.96. The highest BCUT2D eigenvalue weighted by molar-refractivity contribution is 5.85. The molecule has 0 saturated carbocycles. The van der Waals surface area contributed by atoms with Crippen LogP contribution in [0.2, 0.25) is 0 Å². The third kappa shape index (κ3) is 1.96. The summed E-state index contributed by atoms with van der Waals surface area (Å²) in [4.78, 5) is 0. The zero-order valence-corrected chi connectivity index (χ0v) is 11.2. The van der Waals surface area contributed by atoms with Crippen LogP contribution in [0.25, 0.3) is 11.1 Å². The number of hydrogen-bond acceptors (Lipinski definition) is 4. The highest BCUT2D eigenvalue weighted by Gasteiger charge is 2.35. The highest BCUT2D eigenvalue weighted by Crippen LogP contribution is 2.38. The van der Waals surface area contributed by atoms with Crippen molar-refractivity contribution in [2.24, 2.45) is 0 Å². The van der Waals surface area contributed by atoms with E-state index in [1.807, 2.05) is 0 Å². The van der Waals surface area contributed by atoms with Crippen LogP contribution in [0.4, 0.5) is 0 Å². The number of benzene rings is 1. The molecule has 0 spiro atoms. The maximum Gasteiger partial charge on any atom is 0.131 e. The van der Waals surface area contributed by atoms with Crippen molar-refractivity contribution in [2.75, 3.05) is 13.1 Å². The van der Waals surface area contributed by atoms with Crippen LogP contribution in [0.3, 0.4) is 0 Å². The van der Waals surface area contributed by atoms with Crippen LogP contribution < -0.4 is 5.32 Å². The lowest BCUT2D eigenvalue weighted by Gasteiger charge is -2.29. The number of halogens is 1. The number of nitrogens with zero attached hydrogens (tertiary/aromatic N) is 1. The van der Waals surface area contributed by atoms with Gasteiger partial charge in [0.2, 0.25) is 0 Å². The molecule has 19 heavy (non-hydrogen) atoms. The third-order valence-corrected chi connectivity index (χ3v) is 3.96. The van der Waals surface area contributed by atoms with E-state index in [1.54, 1.807) is 12.5 Å². The zero-order valence-electron chi connectivity index (χ0n) is 10.3. The third-order valence-electron chi connectivity index (χ3n) is 3.96. The molecule has 2 atom stereocenters. The molecule has 2 aliphatic heterocycles. The molecule has 1 fully saturated rings. The molecule has 1 aromatic heterocycles. The van der Waals surface area contributed by atoms with Crippen molar-refractivity contribution in [1.82, 2.24) is 10.5 Å². The van der Waals surface area contributed by atoms with Gasteiger partial charge in [-0.15, -0.1) is 12.4 Å². The van der Waals surface area contributed by atoms with Crippen LogP contribution in [0.15, 0.2) is 35.2 Å². The molecule has 3 heterocycles. The van der Waals surface area contributed by atoms with Crippen LogP contribution in [0.1, 0.15) is 17.0 Å². The van der Waals surface area contributed by atoms with Crippen molar-refractivity contribution >= 4 is 12.4 Å². The second-order valence-corrected chi connectivity index (χ2v) is 4.90. The fourth-order valence-electron chi connectivity index (χ4n) is 3.05. The van der Waals surface area contributed by atoms with E-state index in [2.05, 4.69) is 28.7 Å². The standard InChI is InChI=1S/C14H14N2O2.ClH/c1-2-10(9-4-16-18-7-9)13-8-17-14-6-15-5-12(14)11(13)3-1;/h1-4,7,12,14-15H,5-6,8H2;1H/t12-,14-;/m0./s1. The monoisotopic (exact) mass is 278 g/mol. The largest absolute Gasteiger partial charge is 0.371 e. The van der Waals surface area contributed by atoms with Gasteiger partial charge in [0, 0.05) is 24.6 Å². The molecule has 1 N–H and O–H groups in total. The van der Waals surface area contributed by atoms with Crippen LogP contribution in [0, 0.1) is 0 Å². The fraction of sp³-hybridized carbons (Fsp3) is 0.357. The molecule has 0 unspecified atom stereocenters. The molecule has 0 bridgehead atoms. The molecule has 0 aliphatic carbocycles. The summed E-state index contributed by atoms with van der Waals surface area (Å²) in [6, 6.07) is 6.44. The van der Waals surface area contributed by atoms with Crippen LogP contribution in [0.5, 0.6) is 0 Å². The van der Waals surface area contributed by atoms with Crippen molar-refractivity contribution in [2.45, 2.75) is 18.6 Å². The van der Waals surface area contributed by atoms with E-state index in [9.17, 15) is 0 Å². The molecule has 100 valence electrons. The van der Waals surface area contributed by atoms with Crippen LogP contribution in [-0.2, 0) is 11.3 Å². The molecule has 1 aromatic carbocycles. The van der Waals surface area contributed by atoms with E-state index in [0.29, 0.717) is 18.6 Å². The van der Waals surface area contributed by atoms with E-state index in [1.165, 1.54) is 16.7 Å². The van der Waals surface area contributed by atoms with Crippen molar-refractivity contribution in [1.29, 1.82) is 0 Å². The average molecular weight is 279 g/mol. The van der Waals surface area contributed by atoms with Crippen molar-refractivity contribution in [3.8, 4) is 11.1 Å². The van der Waals surface area contributed by atoms with Gasteiger partial charge in [0.05, 0.1) is 18.9 Å². The van der Waals surface area contributed by atoms with Gasteiger partial charge in [0.25, 0.3) is 0 Å². The molecule has 4 nitrogen and oxygen atoms in total. The summed E-state index contributed by atoms with van der Waals surface area (Å²) in [5.74, 6) is 0.480. The first-order valence-electron chi connectivity index (χ1n) is 6.27. The Balaban J connectivity index is 0.00000110. The molecule has 2 aromatic rings. The maximum atomic E-state index is 5.95. The van der Waals surface area contributed by atoms with E-state index in [-0.39, 0.29) is 12.4 Å². The molecule has 5 heteroatoms. The smallest absolute Gasteiger partial charge is 0.131 e.